The van der Waals surface area contributed by atoms with Crippen molar-refractivity contribution in [2.75, 3.05) is 13.7 Å². The van der Waals surface area contributed by atoms with Crippen LogP contribution >= 0.6 is 0 Å². The van der Waals surface area contributed by atoms with Gasteiger partial charge in [0, 0.05) is 7.05 Å². The molecule has 2 amide bonds. The van der Waals surface area contributed by atoms with E-state index in [2.05, 4.69) is 17.4 Å². The predicted octanol–water partition coefficient (Wildman–Crippen LogP) is 3.33. The van der Waals surface area contributed by atoms with Crippen LogP contribution in [0.3, 0.4) is 0 Å². The number of aliphatic hydroxyl groups is 1. The molecule has 0 radical (unpaired) electrons. The first-order chi connectivity index (χ1) is 10.6. The topological polar surface area (TPSA) is 52.6 Å². The van der Waals surface area contributed by atoms with Gasteiger partial charge in [0.1, 0.15) is 0 Å². The molecule has 1 aliphatic carbocycles. The van der Waals surface area contributed by atoms with Crippen molar-refractivity contribution in [2.24, 2.45) is 5.92 Å². The van der Waals surface area contributed by atoms with Crippen molar-refractivity contribution in [3.8, 4) is 0 Å². The maximum atomic E-state index is 12.5. The number of nitrogens with one attached hydrogen (secondary N) is 1. The highest BCUT2D eigenvalue weighted by atomic mass is 16.3. The molecule has 4 nitrogen and oxygen atoms in total. The molecule has 2 rings (SSSR count). The van der Waals surface area contributed by atoms with Crippen molar-refractivity contribution < 1.29 is 9.90 Å². The summed E-state index contributed by atoms with van der Waals surface area (Å²) in [4.78, 5) is 14.1. The Bertz CT molecular complexity index is 457. The van der Waals surface area contributed by atoms with Gasteiger partial charge in [-0.05, 0) is 31.2 Å². The van der Waals surface area contributed by atoms with Gasteiger partial charge in [0.15, 0.2) is 0 Å². The quantitative estimate of drug-likeness (QED) is 0.876. The molecule has 2 atom stereocenters. The molecule has 1 saturated carbocycles. The van der Waals surface area contributed by atoms with Crippen molar-refractivity contribution in [1.82, 2.24) is 10.2 Å². The van der Waals surface area contributed by atoms with E-state index >= 15 is 0 Å². The van der Waals surface area contributed by atoms with Crippen LogP contribution < -0.4 is 5.32 Å². The van der Waals surface area contributed by atoms with Crippen molar-refractivity contribution >= 4 is 6.03 Å². The van der Waals surface area contributed by atoms with Crippen LogP contribution in [0.1, 0.15) is 50.6 Å². The zero-order chi connectivity index (χ0) is 15.9. The average molecular weight is 304 g/mol. The van der Waals surface area contributed by atoms with Gasteiger partial charge in [-0.15, -0.1) is 0 Å². The lowest BCUT2D eigenvalue weighted by atomic mass is 9.81. The van der Waals surface area contributed by atoms with Gasteiger partial charge in [-0.25, -0.2) is 4.79 Å². The van der Waals surface area contributed by atoms with E-state index in [0.29, 0.717) is 5.92 Å². The third-order valence-corrected chi connectivity index (χ3v) is 4.80. The van der Waals surface area contributed by atoms with E-state index in [4.69, 9.17) is 0 Å². The number of carbonyl (C=O) groups excluding carboxylic acids is 1. The molecule has 0 saturated heterocycles. The smallest absolute Gasteiger partial charge is 0.317 e. The van der Waals surface area contributed by atoms with E-state index in [9.17, 15) is 9.90 Å². The highest BCUT2D eigenvalue weighted by Gasteiger charge is 2.28. The van der Waals surface area contributed by atoms with Crippen LogP contribution in [-0.2, 0) is 0 Å². The minimum absolute atomic E-state index is 0.0245. The summed E-state index contributed by atoms with van der Waals surface area (Å²) in [6.45, 7) is 1.82. The molecule has 22 heavy (non-hydrogen) atoms. The Kier molecular flexibility index (Phi) is 6.25. The minimum Gasteiger partial charge on any atom is -0.394 e. The average Bonchev–Trinajstić information content (AvgIpc) is 2.59. The summed E-state index contributed by atoms with van der Waals surface area (Å²) in [7, 11) is 1.74. The highest BCUT2D eigenvalue weighted by molar-refractivity contribution is 5.74. The van der Waals surface area contributed by atoms with Crippen LogP contribution in [0, 0.1) is 5.92 Å². The lowest BCUT2D eigenvalue weighted by Gasteiger charge is -2.33. The lowest BCUT2D eigenvalue weighted by molar-refractivity contribution is 0.149. The number of urea groups is 1. The van der Waals surface area contributed by atoms with E-state index < -0.39 is 0 Å². The molecule has 1 aliphatic rings. The summed E-state index contributed by atoms with van der Waals surface area (Å²) in [5, 5.41) is 12.4. The number of hydrogen-bond acceptors (Lipinski definition) is 2. The second kappa shape index (κ2) is 8.18. The predicted molar refractivity (Wildman–Crippen MR) is 88.6 cm³/mol. The van der Waals surface area contributed by atoms with Crippen LogP contribution in [0.15, 0.2) is 30.3 Å². The molecule has 2 unspecified atom stereocenters. The van der Waals surface area contributed by atoms with Crippen LogP contribution in [0.4, 0.5) is 4.79 Å². The fourth-order valence-electron chi connectivity index (χ4n) is 3.16. The number of benzene rings is 1. The number of nitrogens with zero attached hydrogens (tertiary/aromatic N) is 1. The van der Waals surface area contributed by atoms with Gasteiger partial charge in [-0.3, -0.25) is 0 Å². The third kappa shape index (κ3) is 4.23. The summed E-state index contributed by atoms with van der Waals surface area (Å²) < 4.78 is 0. The van der Waals surface area contributed by atoms with Gasteiger partial charge in [-0.2, -0.15) is 0 Å². The second-order valence-electron chi connectivity index (χ2n) is 6.38. The van der Waals surface area contributed by atoms with Gasteiger partial charge >= 0.3 is 6.03 Å². The number of likely N-dealkylation sites (N-methyl/N-ethyl adjacent to an activating group) is 1. The Labute approximate surface area is 133 Å². The van der Waals surface area contributed by atoms with Crippen LogP contribution in [0.25, 0.3) is 0 Å². The Balaban J connectivity index is 2.12. The number of amides is 2. The van der Waals surface area contributed by atoms with Crippen molar-refractivity contribution in [3.05, 3.63) is 35.9 Å². The molecule has 0 bridgehead atoms. The maximum Gasteiger partial charge on any atom is 0.317 e. The number of carbonyl (C=O) groups is 1. The molecule has 0 heterocycles. The fraction of sp³-hybridized carbons (Fsp3) is 0.611. The summed E-state index contributed by atoms with van der Waals surface area (Å²) in [6, 6.07) is 10.0. The Morgan fingerprint density at radius 3 is 2.50 bits per heavy atom. The molecule has 1 fully saturated rings. The minimum atomic E-state index is -0.178. The van der Waals surface area contributed by atoms with E-state index in [1.165, 1.54) is 37.7 Å². The normalized spacial score (nSPS) is 18.5. The summed E-state index contributed by atoms with van der Waals surface area (Å²) in [5.74, 6) is 0.498. The summed E-state index contributed by atoms with van der Waals surface area (Å²) >= 11 is 0. The third-order valence-electron chi connectivity index (χ3n) is 4.80. The van der Waals surface area contributed by atoms with Gasteiger partial charge in [0.05, 0.1) is 18.7 Å². The molecule has 0 spiro atoms. The van der Waals surface area contributed by atoms with Crippen molar-refractivity contribution in [1.29, 1.82) is 0 Å². The molecule has 122 valence electrons. The monoisotopic (exact) mass is 304 g/mol. The van der Waals surface area contributed by atoms with Gasteiger partial charge < -0.3 is 15.3 Å². The first-order valence-electron chi connectivity index (χ1n) is 8.32. The molecule has 2 N–H and O–H groups in total. The van der Waals surface area contributed by atoms with Gasteiger partial charge in [0.2, 0.25) is 0 Å². The van der Waals surface area contributed by atoms with E-state index in [-0.39, 0.29) is 24.7 Å². The highest BCUT2D eigenvalue weighted by Crippen LogP contribution is 2.34. The number of hydrogen-bond donors (Lipinski definition) is 2. The molecule has 1 aromatic rings. The summed E-state index contributed by atoms with van der Waals surface area (Å²) in [6.07, 6.45) is 6.12. The van der Waals surface area contributed by atoms with E-state index in [1.807, 2.05) is 25.1 Å². The van der Waals surface area contributed by atoms with Gasteiger partial charge in [-0.1, -0.05) is 49.6 Å². The largest absolute Gasteiger partial charge is 0.394 e. The maximum absolute atomic E-state index is 12.5. The molecular weight excluding hydrogens is 276 g/mol. The van der Waals surface area contributed by atoms with E-state index in [0.717, 1.165) is 0 Å². The molecular formula is C18H28N2O2. The number of aliphatic hydroxyl groups excluding tert-OH is 1. The van der Waals surface area contributed by atoms with Crippen molar-refractivity contribution in [2.45, 2.75) is 51.1 Å². The Morgan fingerprint density at radius 2 is 1.91 bits per heavy atom. The lowest BCUT2D eigenvalue weighted by Crippen LogP contribution is -2.46. The fourth-order valence-corrected chi connectivity index (χ4v) is 3.16. The first kappa shape index (κ1) is 16.8. The Hall–Kier alpha value is -1.55. The second-order valence-corrected chi connectivity index (χ2v) is 6.38. The SMILES string of the molecule is CC(CO)N(C)C(=O)NC(c1ccccc1)C1CCCCC1. The zero-order valence-corrected chi connectivity index (χ0v) is 13.7. The van der Waals surface area contributed by atoms with Crippen LogP contribution in [0.5, 0.6) is 0 Å². The van der Waals surface area contributed by atoms with Gasteiger partial charge in [0.25, 0.3) is 0 Å². The standard InChI is InChI=1S/C18H28N2O2/c1-14(13-21)20(2)18(22)19-17(15-9-5-3-6-10-15)16-11-7-4-8-12-16/h3,5-6,9-10,14,16-17,21H,4,7-8,11-13H2,1-2H3,(H,19,22). The first-order valence-corrected chi connectivity index (χ1v) is 8.32. The Morgan fingerprint density at radius 1 is 1.27 bits per heavy atom. The molecule has 0 aromatic heterocycles. The summed E-state index contributed by atoms with van der Waals surface area (Å²) in [5.41, 5.74) is 1.17. The number of rotatable bonds is 5. The molecule has 0 aliphatic heterocycles. The molecule has 4 heteroatoms. The van der Waals surface area contributed by atoms with E-state index in [1.54, 1.807) is 11.9 Å². The zero-order valence-electron chi connectivity index (χ0n) is 13.7. The molecule has 1 aromatic carbocycles. The van der Waals surface area contributed by atoms with Crippen LogP contribution in [-0.4, -0.2) is 35.7 Å². The van der Waals surface area contributed by atoms with Crippen molar-refractivity contribution in [3.63, 3.8) is 0 Å². The van der Waals surface area contributed by atoms with Crippen LogP contribution in [0.2, 0.25) is 0 Å².